The molecule has 22 heteroatoms. The van der Waals surface area contributed by atoms with Crippen LogP contribution in [0, 0.1) is 37.3 Å². The number of carbonyl (C=O) groups is 2. The average molecular weight is 1390 g/mol. The largest absolute Gasteiger partial charge is 0.493 e. The zero-order valence-electron chi connectivity index (χ0n) is 55.7. The molecule has 0 atom stereocenters. The number of rotatable bonds is 6. The van der Waals surface area contributed by atoms with Crippen LogP contribution in [0.5, 0.6) is 11.5 Å². The molecule has 98 heavy (non-hydrogen) atoms. The molecule has 12 aromatic rings. The number of hydrogen-bond donors (Lipinski definition) is 2. The van der Waals surface area contributed by atoms with Crippen molar-refractivity contribution in [1.82, 2.24) is 48.3 Å². The molecule has 8 heterocycles. The zero-order valence-corrected chi connectivity index (χ0v) is 58.9. The Bertz CT molecular complexity index is 4820. The van der Waals surface area contributed by atoms with Crippen LogP contribution < -0.4 is 9.47 Å². The molecule has 0 unspecified atom stereocenters. The van der Waals surface area contributed by atoms with Crippen LogP contribution in [0.15, 0.2) is 119 Å². The number of halogens is 2. The van der Waals surface area contributed by atoms with Gasteiger partial charge in [0, 0.05) is 141 Å². The van der Waals surface area contributed by atoms with E-state index in [0.717, 1.165) is 112 Å². The maximum atomic E-state index is 16.1. The molecule has 0 amide bonds. The second-order valence-electron chi connectivity index (χ2n) is 26.3. The first-order chi connectivity index (χ1) is 47.5. The van der Waals surface area contributed by atoms with E-state index >= 15 is 8.78 Å². The summed E-state index contributed by atoms with van der Waals surface area (Å²) in [5.74, 6) is 4.36. The average Bonchev–Trinajstić information content (AvgIpc) is 1.58. The van der Waals surface area contributed by atoms with Crippen molar-refractivity contribution < 1.29 is 38.1 Å². The highest BCUT2D eigenvalue weighted by Gasteiger charge is 2.32. The molecule has 2 N–H and O–H groups in total. The summed E-state index contributed by atoms with van der Waals surface area (Å²) in [5.41, 5.74) is 12.8. The fraction of sp³-hybridized carbons (Fsp3) is 0.342. The summed E-state index contributed by atoms with van der Waals surface area (Å²) < 4.78 is 56.4. The maximum absolute atomic E-state index is 16.1. The van der Waals surface area contributed by atoms with Crippen molar-refractivity contribution in [3.63, 3.8) is 0 Å². The highest BCUT2D eigenvalue weighted by Crippen LogP contribution is 2.45. The van der Waals surface area contributed by atoms with Gasteiger partial charge < -0.3 is 28.8 Å². The van der Waals surface area contributed by atoms with E-state index in [4.69, 9.17) is 29.9 Å². The maximum Gasteiger partial charge on any atom is 0.352 e. The number of nitrogens with zero attached hydrogens (tertiary/aromatic N) is 10. The van der Waals surface area contributed by atoms with E-state index in [-0.39, 0.29) is 11.4 Å². The molecule has 16 bridgehead atoms. The van der Waals surface area contributed by atoms with E-state index in [2.05, 4.69) is 70.0 Å². The molecule has 2 fully saturated rings. The van der Waals surface area contributed by atoms with Crippen molar-refractivity contribution in [2.75, 3.05) is 13.2 Å². The second-order valence-corrected chi connectivity index (χ2v) is 30.4. The monoisotopic (exact) mass is 1390 g/mol. The van der Waals surface area contributed by atoms with Gasteiger partial charge in [-0.15, -0.1) is 47.0 Å². The Hall–Kier alpha value is -8.44. The number of aromatic carboxylic acids is 2. The highest BCUT2D eigenvalue weighted by molar-refractivity contribution is 7.99. The number of aryl methyl sites for hydroxylation is 8. The van der Waals surface area contributed by atoms with Crippen LogP contribution in [0.2, 0.25) is 0 Å². The summed E-state index contributed by atoms with van der Waals surface area (Å²) in [4.78, 5) is 27.7. The fourth-order valence-corrected chi connectivity index (χ4v) is 18.4. The lowest BCUT2D eigenvalue weighted by atomic mass is 9.98. The van der Waals surface area contributed by atoms with Gasteiger partial charge in [-0.25, -0.2) is 18.4 Å². The van der Waals surface area contributed by atoms with E-state index < -0.39 is 23.6 Å². The first kappa shape index (κ1) is 65.5. The van der Waals surface area contributed by atoms with Crippen LogP contribution in [0.3, 0.4) is 0 Å². The summed E-state index contributed by atoms with van der Waals surface area (Å²) in [5, 5.41) is 46.2. The van der Waals surface area contributed by atoms with Crippen LogP contribution >= 0.6 is 47.0 Å². The smallest absolute Gasteiger partial charge is 0.352 e. The van der Waals surface area contributed by atoms with Crippen LogP contribution in [0.1, 0.15) is 116 Å². The number of ether oxygens (including phenoxy) is 2. The number of aromatic nitrogens is 10. The third-order valence-electron chi connectivity index (χ3n) is 19.5. The van der Waals surface area contributed by atoms with Crippen molar-refractivity contribution in [3.8, 4) is 33.8 Å². The Kier molecular flexibility index (Phi) is 18.3. The molecular weight excluding hydrogens is 1320 g/mol. The highest BCUT2D eigenvalue weighted by atomic mass is 32.2. The minimum atomic E-state index is -1.04. The van der Waals surface area contributed by atoms with Crippen LogP contribution in [-0.4, -0.2) is 83.6 Å². The molecule has 2 saturated carbocycles. The van der Waals surface area contributed by atoms with Gasteiger partial charge in [0.05, 0.1) is 58.4 Å². The number of benzene rings is 6. The molecule has 2 aliphatic carbocycles. The Morgan fingerprint density at radius 1 is 0.510 bits per heavy atom. The lowest BCUT2D eigenvalue weighted by molar-refractivity contribution is 0.0675. The Labute approximate surface area is 583 Å². The second kappa shape index (κ2) is 27.3. The van der Waals surface area contributed by atoms with Crippen molar-refractivity contribution in [2.24, 2.45) is 40.0 Å². The van der Waals surface area contributed by atoms with Gasteiger partial charge in [-0.2, -0.15) is 20.4 Å². The summed E-state index contributed by atoms with van der Waals surface area (Å²) in [6.45, 7) is 6.48. The Morgan fingerprint density at radius 2 is 0.929 bits per heavy atom. The van der Waals surface area contributed by atoms with Crippen LogP contribution in [-0.2, 0) is 88.6 Å². The summed E-state index contributed by atoms with van der Waals surface area (Å²) in [7, 11) is 7.22. The number of hydrogen-bond acceptors (Lipinski definition) is 12. The van der Waals surface area contributed by atoms with E-state index in [0.29, 0.717) is 118 Å². The van der Waals surface area contributed by atoms with Gasteiger partial charge in [0.15, 0.2) is 0 Å². The topological polar surface area (TPSA) is 174 Å². The molecule has 4 aliphatic rings. The number of fused-ring (bicyclic) bond motifs is 16. The van der Waals surface area contributed by atoms with E-state index in [1.54, 1.807) is 82.4 Å². The van der Waals surface area contributed by atoms with E-state index in [1.807, 2.05) is 61.6 Å². The minimum Gasteiger partial charge on any atom is -0.493 e. The molecule has 16 nitrogen and oxygen atoms in total. The van der Waals surface area contributed by atoms with Gasteiger partial charge in [0.1, 0.15) is 34.5 Å². The van der Waals surface area contributed by atoms with Gasteiger partial charge >= 0.3 is 11.9 Å². The first-order valence-electron chi connectivity index (χ1n) is 33.5. The molecule has 6 aromatic carbocycles. The van der Waals surface area contributed by atoms with Crippen molar-refractivity contribution in [1.29, 1.82) is 0 Å². The summed E-state index contributed by atoms with van der Waals surface area (Å²) in [6.07, 6.45) is 7.14. The van der Waals surface area contributed by atoms with Crippen molar-refractivity contribution in [3.05, 3.63) is 189 Å². The molecule has 6 aromatic heterocycles. The predicted octanol–water partition coefficient (Wildman–Crippen LogP) is 17.1. The fourth-order valence-electron chi connectivity index (χ4n) is 14.5. The van der Waals surface area contributed by atoms with Gasteiger partial charge in [-0.05, 0) is 160 Å². The van der Waals surface area contributed by atoms with Gasteiger partial charge in [-0.1, -0.05) is 48.5 Å². The SMILES string of the molecule is Cc1nn(C)c2c1-c1c(F)ccc3c(c(C(=O)O)n(C)c13)CCCOc1cc(cc3ccccc13)SCc1cc(nn1CC1CC1)CSC2.Cc1nn(C)c2c1-c1c(F)ccc3c(c(C(=O)O)n(C)c13)CCCOc1cc(cc3ccccc13)SCc1cc(nn1CC1CC1)CSC2. The van der Waals surface area contributed by atoms with E-state index in [9.17, 15) is 19.8 Å². The minimum absolute atomic E-state index is 0.169. The molecule has 0 radical (unpaired) electrons. The lowest BCUT2D eigenvalue weighted by Gasteiger charge is -2.13. The molecule has 16 rings (SSSR count). The lowest BCUT2D eigenvalue weighted by Crippen LogP contribution is -2.09. The number of carboxylic acids is 2. The third-order valence-corrected chi connectivity index (χ3v) is 23.5. The van der Waals surface area contributed by atoms with Crippen LogP contribution in [0.25, 0.3) is 65.6 Å². The number of carboxylic acid groups (broad SMARTS) is 2. The third kappa shape index (κ3) is 12.9. The van der Waals surface area contributed by atoms with Gasteiger partial charge in [-0.3, -0.25) is 18.7 Å². The molecule has 504 valence electrons. The van der Waals surface area contributed by atoms with Crippen LogP contribution in [0.4, 0.5) is 8.78 Å². The molecular formula is C76H76F2N10O6S4. The Morgan fingerprint density at radius 3 is 1.34 bits per heavy atom. The zero-order chi connectivity index (χ0) is 67.6. The van der Waals surface area contributed by atoms with Gasteiger partial charge in [0.25, 0.3) is 0 Å². The molecule has 0 spiro atoms. The normalized spacial score (nSPS) is 15.7. The first-order valence-corrected chi connectivity index (χ1v) is 37.8. The van der Waals surface area contributed by atoms with E-state index in [1.165, 1.54) is 49.2 Å². The van der Waals surface area contributed by atoms with Gasteiger partial charge in [0.2, 0.25) is 0 Å². The molecule has 0 saturated heterocycles. The predicted molar refractivity (Wildman–Crippen MR) is 388 cm³/mol. The quantitative estimate of drug-likeness (QED) is 0.161. The number of thioether (sulfide) groups is 4. The summed E-state index contributed by atoms with van der Waals surface area (Å²) >= 11 is 7.05. The Balaban J connectivity index is 0.000000160. The summed E-state index contributed by atoms with van der Waals surface area (Å²) in [6, 6.07) is 36.0. The van der Waals surface area contributed by atoms with Crippen molar-refractivity contribution in [2.45, 2.75) is 123 Å². The molecule has 2 aliphatic heterocycles. The van der Waals surface area contributed by atoms with Crippen molar-refractivity contribution >= 4 is 102 Å². The standard InChI is InChI=1S/2C38H38FN5O3S2/c2*1-22-34-32(43(3)40-22)21-48-19-25-16-26(44(41-25)18-23-10-11-23)20-49-27-15-24-7-4-5-8-28(24)33(17-27)47-14-6-9-29-30-12-13-31(39)35(34)36(30)42(2)37(29)38(45)46/h2*4-5,7-8,12-13,15-17,23H,6,9-11,14,18-21H2,1-3H3,(H,45,46).